The van der Waals surface area contributed by atoms with Gasteiger partial charge < -0.3 is 9.80 Å². The number of nitro groups is 1. The highest BCUT2D eigenvalue weighted by Crippen LogP contribution is 2.33. The van der Waals surface area contributed by atoms with Crippen molar-refractivity contribution in [3.63, 3.8) is 0 Å². The normalized spacial score (nSPS) is 17.2. The molecule has 7 nitrogen and oxygen atoms in total. The van der Waals surface area contributed by atoms with Crippen LogP contribution in [0.2, 0.25) is 5.02 Å². The first kappa shape index (κ1) is 20.6. The summed E-state index contributed by atoms with van der Waals surface area (Å²) in [6, 6.07) is 12.6. The van der Waals surface area contributed by atoms with Crippen LogP contribution in [-0.4, -0.2) is 55.0 Å². The van der Waals surface area contributed by atoms with Crippen LogP contribution in [0.3, 0.4) is 0 Å². The molecular formula is C22H25ClN4O3. The molecule has 0 N–H and O–H groups in total. The van der Waals surface area contributed by atoms with Gasteiger partial charge in [0.1, 0.15) is 0 Å². The number of amides is 1. The summed E-state index contributed by atoms with van der Waals surface area (Å²) in [4.78, 5) is 29.5. The van der Waals surface area contributed by atoms with E-state index >= 15 is 0 Å². The van der Waals surface area contributed by atoms with Crippen molar-refractivity contribution in [3.05, 3.63) is 63.2 Å². The molecule has 1 amide bonds. The number of halogens is 1. The molecule has 0 radical (unpaired) electrons. The van der Waals surface area contributed by atoms with Crippen LogP contribution in [0.25, 0.3) is 0 Å². The molecule has 1 saturated heterocycles. The minimum atomic E-state index is -0.354. The number of carbonyl (C=O) groups is 1. The second kappa shape index (κ2) is 9.02. The maximum atomic E-state index is 12.4. The molecule has 0 saturated carbocycles. The molecule has 30 heavy (non-hydrogen) atoms. The zero-order chi connectivity index (χ0) is 21.1. The van der Waals surface area contributed by atoms with Gasteiger partial charge in [-0.1, -0.05) is 23.7 Å². The van der Waals surface area contributed by atoms with E-state index in [1.807, 2.05) is 29.2 Å². The van der Waals surface area contributed by atoms with Crippen LogP contribution in [0.1, 0.15) is 18.4 Å². The minimum absolute atomic E-state index is 0.126. The number of nitro benzene ring substituents is 1. The van der Waals surface area contributed by atoms with Gasteiger partial charge in [-0.15, -0.1) is 0 Å². The maximum Gasteiger partial charge on any atom is 0.271 e. The Hall–Kier alpha value is -2.64. The van der Waals surface area contributed by atoms with E-state index in [1.165, 1.54) is 6.07 Å². The predicted molar refractivity (Wildman–Crippen MR) is 118 cm³/mol. The van der Waals surface area contributed by atoms with Crippen molar-refractivity contribution < 1.29 is 9.72 Å². The van der Waals surface area contributed by atoms with E-state index in [4.69, 9.17) is 11.6 Å². The largest absolute Gasteiger partial charge is 0.369 e. The summed E-state index contributed by atoms with van der Waals surface area (Å²) < 4.78 is 0. The molecule has 0 aromatic heterocycles. The minimum Gasteiger partial charge on any atom is -0.369 e. The molecule has 2 aromatic rings. The average molecular weight is 429 g/mol. The monoisotopic (exact) mass is 428 g/mol. The summed E-state index contributed by atoms with van der Waals surface area (Å²) in [6.07, 6.45) is 2.12. The van der Waals surface area contributed by atoms with Gasteiger partial charge in [-0.25, -0.2) is 0 Å². The third kappa shape index (κ3) is 4.42. The molecule has 4 rings (SSSR count). The highest BCUT2D eigenvalue weighted by molar-refractivity contribution is 6.32. The Kier molecular flexibility index (Phi) is 6.20. The van der Waals surface area contributed by atoms with E-state index in [-0.39, 0.29) is 16.5 Å². The fourth-order valence-electron chi connectivity index (χ4n) is 4.28. The summed E-state index contributed by atoms with van der Waals surface area (Å²) in [6.45, 7) is 5.09. The summed E-state index contributed by atoms with van der Waals surface area (Å²) in [5.74, 6) is 0.167. The van der Waals surface area contributed by atoms with Gasteiger partial charge in [0.25, 0.3) is 5.69 Å². The first-order valence-electron chi connectivity index (χ1n) is 10.3. The van der Waals surface area contributed by atoms with Crippen molar-refractivity contribution in [2.24, 2.45) is 0 Å². The lowest BCUT2D eigenvalue weighted by Gasteiger charge is -2.36. The molecule has 0 atom stereocenters. The summed E-state index contributed by atoms with van der Waals surface area (Å²) in [5, 5.41) is 11.7. The SMILES string of the molecule is O=C1CCc2c(Cl)cccc2N1CCCN1CCN(c2cccc([N+](=O)[O-])c2)CC1. The maximum absolute atomic E-state index is 12.4. The Morgan fingerprint density at radius 1 is 1.00 bits per heavy atom. The number of anilines is 2. The van der Waals surface area contributed by atoms with Gasteiger partial charge in [0.2, 0.25) is 5.91 Å². The van der Waals surface area contributed by atoms with Gasteiger partial charge in [-0.05, 0) is 43.1 Å². The van der Waals surface area contributed by atoms with Crippen LogP contribution in [0.15, 0.2) is 42.5 Å². The molecule has 8 heteroatoms. The lowest BCUT2D eigenvalue weighted by molar-refractivity contribution is -0.384. The number of non-ortho nitro benzene ring substituents is 1. The van der Waals surface area contributed by atoms with Crippen LogP contribution in [0, 0.1) is 10.1 Å². The highest BCUT2D eigenvalue weighted by Gasteiger charge is 2.25. The number of hydrogen-bond donors (Lipinski definition) is 0. The molecule has 2 aromatic carbocycles. The second-order valence-electron chi connectivity index (χ2n) is 7.74. The number of rotatable bonds is 6. The third-order valence-electron chi connectivity index (χ3n) is 5.91. The number of nitrogens with zero attached hydrogens (tertiary/aromatic N) is 4. The third-order valence-corrected chi connectivity index (χ3v) is 6.26. The van der Waals surface area contributed by atoms with Crippen molar-refractivity contribution in [2.75, 3.05) is 49.1 Å². The molecule has 0 spiro atoms. The van der Waals surface area contributed by atoms with E-state index in [9.17, 15) is 14.9 Å². The van der Waals surface area contributed by atoms with E-state index in [2.05, 4.69) is 9.80 Å². The standard InChI is InChI=1S/C22H25ClN4O3/c23-20-6-2-7-21-19(20)8-9-22(28)26(21)11-3-10-24-12-14-25(15-13-24)17-4-1-5-18(16-17)27(29)30/h1-2,4-7,16H,3,8-15H2. The smallest absolute Gasteiger partial charge is 0.271 e. The van der Waals surface area contributed by atoms with Crippen molar-refractivity contribution in [2.45, 2.75) is 19.3 Å². The molecule has 1 fully saturated rings. The van der Waals surface area contributed by atoms with Crippen molar-refractivity contribution in [1.82, 2.24) is 4.90 Å². The van der Waals surface area contributed by atoms with E-state index in [0.29, 0.717) is 19.4 Å². The molecule has 2 heterocycles. The van der Waals surface area contributed by atoms with Crippen LogP contribution in [0.4, 0.5) is 17.1 Å². The van der Waals surface area contributed by atoms with Gasteiger partial charge in [0.05, 0.1) is 4.92 Å². The second-order valence-corrected chi connectivity index (χ2v) is 8.15. The fraction of sp³-hybridized carbons (Fsp3) is 0.409. The van der Waals surface area contributed by atoms with Gasteiger partial charge in [-0.2, -0.15) is 0 Å². The summed E-state index contributed by atoms with van der Waals surface area (Å²) in [5.41, 5.74) is 3.05. The zero-order valence-corrected chi connectivity index (χ0v) is 17.6. The van der Waals surface area contributed by atoms with Crippen molar-refractivity contribution >= 4 is 34.6 Å². The Balaban J connectivity index is 1.29. The first-order chi connectivity index (χ1) is 14.5. The molecule has 0 bridgehead atoms. The summed E-state index contributed by atoms with van der Waals surface area (Å²) >= 11 is 6.31. The van der Waals surface area contributed by atoms with E-state index in [0.717, 1.165) is 61.1 Å². The van der Waals surface area contributed by atoms with Gasteiger partial charge in [0, 0.05) is 67.7 Å². The predicted octanol–water partition coefficient (Wildman–Crippen LogP) is 3.74. The topological polar surface area (TPSA) is 69.9 Å². The van der Waals surface area contributed by atoms with Gasteiger partial charge in [-0.3, -0.25) is 19.8 Å². The van der Waals surface area contributed by atoms with Crippen LogP contribution < -0.4 is 9.80 Å². The highest BCUT2D eigenvalue weighted by atomic mass is 35.5. The van der Waals surface area contributed by atoms with E-state index in [1.54, 1.807) is 12.1 Å². The van der Waals surface area contributed by atoms with Crippen LogP contribution >= 0.6 is 11.6 Å². The van der Waals surface area contributed by atoms with Crippen molar-refractivity contribution in [1.29, 1.82) is 0 Å². The number of hydrogen-bond acceptors (Lipinski definition) is 5. The Morgan fingerprint density at radius 2 is 1.77 bits per heavy atom. The van der Waals surface area contributed by atoms with Crippen molar-refractivity contribution in [3.8, 4) is 0 Å². The number of piperazine rings is 1. The molecule has 0 aliphatic carbocycles. The molecule has 0 unspecified atom stereocenters. The molecule has 2 aliphatic heterocycles. The lowest BCUT2D eigenvalue weighted by atomic mass is 10.0. The molecular weight excluding hydrogens is 404 g/mol. The Labute approximate surface area is 181 Å². The number of fused-ring (bicyclic) bond motifs is 1. The van der Waals surface area contributed by atoms with E-state index < -0.39 is 0 Å². The summed E-state index contributed by atoms with van der Waals surface area (Å²) in [7, 11) is 0. The van der Waals surface area contributed by atoms with Gasteiger partial charge >= 0.3 is 0 Å². The average Bonchev–Trinajstić information content (AvgIpc) is 2.76. The zero-order valence-electron chi connectivity index (χ0n) is 16.8. The Morgan fingerprint density at radius 3 is 2.53 bits per heavy atom. The first-order valence-corrected chi connectivity index (χ1v) is 10.7. The van der Waals surface area contributed by atoms with Gasteiger partial charge in [0.15, 0.2) is 0 Å². The number of benzene rings is 2. The Bertz CT molecular complexity index is 944. The quantitative estimate of drug-likeness (QED) is 0.517. The molecule has 2 aliphatic rings. The number of carbonyl (C=O) groups excluding carboxylic acids is 1. The molecule has 158 valence electrons. The van der Waals surface area contributed by atoms with Crippen LogP contribution in [0.5, 0.6) is 0 Å². The fourth-order valence-corrected chi connectivity index (χ4v) is 4.54. The van der Waals surface area contributed by atoms with Crippen LogP contribution in [-0.2, 0) is 11.2 Å². The lowest BCUT2D eigenvalue weighted by Crippen LogP contribution is -2.47.